The fourth-order valence-electron chi connectivity index (χ4n) is 1.35. The first kappa shape index (κ1) is 15.4. The molecule has 1 rings (SSSR count). The average molecular weight is 291 g/mol. The number of nitrogens with zero attached hydrogens (tertiary/aromatic N) is 1. The van der Waals surface area contributed by atoms with E-state index < -0.39 is 17.6 Å². The number of nitrogens with two attached hydrogens (primary N) is 1. The summed E-state index contributed by atoms with van der Waals surface area (Å²) >= 11 is 4.69. The first-order valence-electron chi connectivity index (χ1n) is 5.32. The number of hydrogen-bond acceptors (Lipinski definition) is 3. The van der Waals surface area contributed by atoms with Crippen molar-refractivity contribution < 1.29 is 18.0 Å². The van der Waals surface area contributed by atoms with Crippen LogP contribution in [0.2, 0.25) is 0 Å². The second-order valence-corrected chi connectivity index (χ2v) is 4.50. The molecule has 0 bridgehead atoms. The monoisotopic (exact) mass is 291 g/mol. The summed E-state index contributed by atoms with van der Waals surface area (Å²) in [5.74, 6) is -0.572. The molecule has 1 atom stereocenters. The number of carbonyl (C=O) groups excluding carboxylic acids is 1. The van der Waals surface area contributed by atoms with Gasteiger partial charge in [-0.1, -0.05) is 12.2 Å². The lowest BCUT2D eigenvalue weighted by atomic mass is 10.2. The highest BCUT2D eigenvalue weighted by atomic mass is 32.1. The van der Waals surface area contributed by atoms with Crippen LogP contribution in [0.25, 0.3) is 0 Å². The third kappa shape index (κ3) is 4.82. The third-order valence-electron chi connectivity index (χ3n) is 2.21. The molecule has 0 saturated carbocycles. The number of halogens is 3. The lowest BCUT2D eigenvalue weighted by Crippen LogP contribution is -2.35. The van der Waals surface area contributed by atoms with E-state index in [9.17, 15) is 18.0 Å². The molecule has 0 saturated heterocycles. The second kappa shape index (κ2) is 5.96. The fraction of sp³-hybridized carbons (Fsp3) is 0.364. The highest BCUT2D eigenvalue weighted by Gasteiger charge is 2.30. The van der Waals surface area contributed by atoms with Gasteiger partial charge >= 0.3 is 6.18 Å². The number of rotatable bonds is 4. The lowest BCUT2D eigenvalue weighted by Gasteiger charge is -2.13. The van der Waals surface area contributed by atoms with Gasteiger partial charge < -0.3 is 11.1 Å². The zero-order valence-electron chi connectivity index (χ0n) is 9.99. The minimum Gasteiger partial charge on any atom is -0.393 e. The topological polar surface area (TPSA) is 68.0 Å². The van der Waals surface area contributed by atoms with Crippen molar-refractivity contribution in [2.45, 2.75) is 25.6 Å². The lowest BCUT2D eigenvalue weighted by molar-refractivity contribution is -0.137. The molecule has 0 fully saturated rings. The van der Waals surface area contributed by atoms with Crippen molar-refractivity contribution in [3.8, 4) is 0 Å². The first-order valence-corrected chi connectivity index (χ1v) is 5.73. The van der Waals surface area contributed by atoms with Crippen molar-refractivity contribution in [2.24, 2.45) is 5.73 Å². The molecule has 1 unspecified atom stereocenters. The molecule has 0 aromatic carbocycles. The zero-order chi connectivity index (χ0) is 14.6. The molecule has 104 valence electrons. The first-order chi connectivity index (χ1) is 8.70. The predicted octanol–water partition coefficient (Wildman–Crippen LogP) is 1.89. The van der Waals surface area contributed by atoms with E-state index in [0.717, 1.165) is 12.1 Å². The van der Waals surface area contributed by atoms with Crippen molar-refractivity contribution in [3.05, 3.63) is 29.6 Å². The average Bonchev–Trinajstić information content (AvgIpc) is 2.26. The van der Waals surface area contributed by atoms with Crippen molar-refractivity contribution in [2.75, 3.05) is 0 Å². The second-order valence-electron chi connectivity index (χ2n) is 3.97. The van der Waals surface area contributed by atoms with E-state index in [-0.39, 0.29) is 16.7 Å². The van der Waals surface area contributed by atoms with E-state index in [1.54, 1.807) is 6.92 Å². The fourth-order valence-corrected chi connectivity index (χ4v) is 1.60. The summed E-state index contributed by atoms with van der Waals surface area (Å²) in [5, 5.41) is 2.54. The molecule has 0 aliphatic heterocycles. The number of thiocarbonyl (C=S) groups is 1. The van der Waals surface area contributed by atoms with E-state index in [2.05, 4.69) is 22.5 Å². The van der Waals surface area contributed by atoms with Crippen LogP contribution in [0.4, 0.5) is 13.2 Å². The van der Waals surface area contributed by atoms with Crippen molar-refractivity contribution in [3.63, 3.8) is 0 Å². The summed E-state index contributed by atoms with van der Waals surface area (Å²) in [6.07, 6.45) is -3.55. The molecule has 0 aliphatic carbocycles. The van der Waals surface area contributed by atoms with E-state index in [0.29, 0.717) is 12.6 Å². The summed E-state index contributed by atoms with van der Waals surface area (Å²) in [6, 6.07) is 1.51. The van der Waals surface area contributed by atoms with Gasteiger partial charge in [0.1, 0.15) is 5.69 Å². The molecule has 1 aromatic heterocycles. The minimum atomic E-state index is -4.47. The Morgan fingerprint density at radius 1 is 1.53 bits per heavy atom. The molecule has 4 nitrogen and oxygen atoms in total. The number of hydrogen-bond donors (Lipinski definition) is 2. The molecule has 0 radical (unpaired) electrons. The number of alkyl halides is 3. The SMILES string of the molecule is CC(CC(N)=S)NC(=O)c1ccc(C(F)(F)F)cn1. The maximum Gasteiger partial charge on any atom is 0.417 e. The van der Waals surface area contributed by atoms with Gasteiger partial charge in [0.25, 0.3) is 5.91 Å². The molecule has 8 heteroatoms. The number of pyridine rings is 1. The number of amides is 1. The van der Waals surface area contributed by atoms with E-state index in [1.807, 2.05) is 0 Å². The van der Waals surface area contributed by atoms with Crippen LogP contribution in [0.15, 0.2) is 18.3 Å². The predicted molar refractivity (Wildman–Crippen MR) is 67.6 cm³/mol. The van der Waals surface area contributed by atoms with Crippen molar-refractivity contribution in [1.29, 1.82) is 0 Å². The molecule has 1 heterocycles. The summed E-state index contributed by atoms with van der Waals surface area (Å²) in [6.45, 7) is 1.68. The van der Waals surface area contributed by atoms with E-state index >= 15 is 0 Å². The zero-order valence-corrected chi connectivity index (χ0v) is 10.8. The van der Waals surface area contributed by atoms with Crippen LogP contribution in [0.3, 0.4) is 0 Å². The smallest absolute Gasteiger partial charge is 0.393 e. The third-order valence-corrected chi connectivity index (χ3v) is 2.37. The highest BCUT2D eigenvalue weighted by Crippen LogP contribution is 2.28. The number of carbonyl (C=O) groups is 1. The molecule has 0 aliphatic rings. The van der Waals surface area contributed by atoms with Gasteiger partial charge in [0.15, 0.2) is 0 Å². The summed E-state index contributed by atoms with van der Waals surface area (Å²) in [4.78, 5) is 15.4. The Morgan fingerprint density at radius 2 is 2.16 bits per heavy atom. The van der Waals surface area contributed by atoms with Crippen LogP contribution in [0, 0.1) is 0 Å². The Labute approximate surface area is 113 Å². The maximum absolute atomic E-state index is 12.3. The van der Waals surface area contributed by atoms with Crippen LogP contribution >= 0.6 is 12.2 Å². The molecular formula is C11H12F3N3OS. The van der Waals surface area contributed by atoms with Gasteiger partial charge in [-0.15, -0.1) is 0 Å². The highest BCUT2D eigenvalue weighted by molar-refractivity contribution is 7.80. The number of aromatic nitrogens is 1. The minimum absolute atomic E-state index is 0.0946. The molecular weight excluding hydrogens is 279 g/mol. The Hall–Kier alpha value is -1.70. The molecule has 1 amide bonds. The molecule has 19 heavy (non-hydrogen) atoms. The van der Waals surface area contributed by atoms with Gasteiger partial charge in [0, 0.05) is 18.7 Å². The van der Waals surface area contributed by atoms with Gasteiger partial charge in [0.2, 0.25) is 0 Å². The maximum atomic E-state index is 12.3. The summed E-state index contributed by atoms with van der Waals surface area (Å²) in [5.41, 5.74) is 4.32. The normalized spacial score (nSPS) is 12.8. The van der Waals surface area contributed by atoms with E-state index in [1.165, 1.54) is 0 Å². The summed E-state index contributed by atoms with van der Waals surface area (Å²) in [7, 11) is 0. The van der Waals surface area contributed by atoms with Crippen LogP contribution in [0.1, 0.15) is 29.4 Å². The van der Waals surface area contributed by atoms with Crippen molar-refractivity contribution >= 4 is 23.1 Å². The van der Waals surface area contributed by atoms with Gasteiger partial charge in [-0.2, -0.15) is 13.2 Å². The van der Waals surface area contributed by atoms with Crippen LogP contribution in [-0.2, 0) is 6.18 Å². The Balaban J connectivity index is 2.71. The van der Waals surface area contributed by atoms with Crippen molar-refractivity contribution in [1.82, 2.24) is 10.3 Å². The standard InChI is InChI=1S/C11H12F3N3OS/c1-6(4-9(15)19)17-10(18)8-3-2-7(5-16-8)11(12,13)14/h2-3,5-6H,4H2,1H3,(H2,15,19)(H,17,18). The van der Waals surface area contributed by atoms with Crippen LogP contribution in [0.5, 0.6) is 0 Å². The summed E-state index contributed by atoms with van der Waals surface area (Å²) < 4.78 is 36.9. The molecule has 0 spiro atoms. The van der Waals surface area contributed by atoms with Gasteiger partial charge in [-0.05, 0) is 19.1 Å². The molecule has 1 aromatic rings. The Kier molecular flexibility index (Phi) is 4.82. The van der Waals surface area contributed by atoms with Crippen LogP contribution in [-0.4, -0.2) is 21.9 Å². The largest absolute Gasteiger partial charge is 0.417 e. The Morgan fingerprint density at radius 3 is 2.58 bits per heavy atom. The van der Waals surface area contributed by atoms with Crippen LogP contribution < -0.4 is 11.1 Å². The van der Waals surface area contributed by atoms with Gasteiger partial charge in [-0.3, -0.25) is 9.78 Å². The quantitative estimate of drug-likeness (QED) is 0.831. The van der Waals surface area contributed by atoms with Gasteiger partial charge in [0.05, 0.1) is 10.6 Å². The Bertz CT molecular complexity index is 473. The molecule has 3 N–H and O–H groups in total. The van der Waals surface area contributed by atoms with Gasteiger partial charge in [-0.25, -0.2) is 0 Å². The van der Waals surface area contributed by atoms with E-state index in [4.69, 9.17) is 5.73 Å². The number of nitrogens with one attached hydrogen (secondary N) is 1.